The topological polar surface area (TPSA) is 79.2 Å². The number of nitrogens with one attached hydrogen (secondary N) is 1. The fourth-order valence-electron chi connectivity index (χ4n) is 1.44. The first kappa shape index (κ1) is 14.6. The van der Waals surface area contributed by atoms with Crippen molar-refractivity contribution in [3.05, 3.63) is 35.4 Å². The van der Waals surface area contributed by atoms with Crippen molar-refractivity contribution in [1.82, 2.24) is 4.72 Å². The average molecular weight is 268 g/mol. The highest BCUT2D eigenvalue weighted by Crippen LogP contribution is 2.14. The molecule has 0 saturated heterocycles. The Kier molecular flexibility index (Phi) is 5.28. The van der Waals surface area contributed by atoms with Crippen LogP contribution in [0, 0.1) is 11.3 Å². The molecule has 6 heteroatoms. The van der Waals surface area contributed by atoms with Gasteiger partial charge in [0, 0.05) is 13.2 Å². The van der Waals surface area contributed by atoms with E-state index in [1.165, 1.54) is 7.11 Å². The summed E-state index contributed by atoms with van der Waals surface area (Å²) in [5.41, 5.74) is 1.36. The van der Waals surface area contributed by atoms with Crippen molar-refractivity contribution in [1.29, 1.82) is 5.26 Å². The van der Waals surface area contributed by atoms with E-state index in [-0.39, 0.29) is 18.4 Å². The van der Waals surface area contributed by atoms with Crippen molar-refractivity contribution in [2.45, 2.75) is 13.0 Å². The van der Waals surface area contributed by atoms with Crippen LogP contribution in [0.4, 0.5) is 0 Å². The smallest absolute Gasteiger partial charge is 0.214 e. The minimum Gasteiger partial charge on any atom is -0.384 e. The summed E-state index contributed by atoms with van der Waals surface area (Å²) in [5, 5.41) is 8.68. The second-order valence-electron chi connectivity index (χ2n) is 3.89. The van der Waals surface area contributed by atoms with Gasteiger partial charge in [0.05, 0.1) is 24.0 Å². The van der Waals surface area contributed by atoms with Gasteiger partial charge in [0.25, 0.3) is 0 Å². The molecule has 0 aromatic heterocycles. The Morgan fingerprint density at radius 3 is 2.50 bits per heavy atom. The van der Waals surface area contributed by atoms with Gasteiger partial charge in [-0.25, -0.2) is 13.1 Å². The number of rotatable bonds is 6. The lowest BCUT2D eigenvalue weighted by molar-refractivity contribution is 0.216. The van der Waals surface area contributed by atoms with E-state index < -0.39 is 10.0 Å². The van der Waals surface area contributed by atoms with Gasteiger partial charge in [0.2, 0.25) is 10.0 Å². The second-order valence-corrected chi connectivity index (χ2v) is 5.76. The van der Waals surface area contributed by atoms with E-state index in [1.54, 1.807) is 31.2 Å². The highest BCUT2D eigenvalue weighted by molar-refractivity contribution is 7.89. The number of nitriles is 1. The van der Waals surface area contributed by atoms with Gasteiger partial charge in [-0.3, -0.25) is 0 Å². The zero-order valence-corrected chi connectivity index (χ0v) is 11.2. The monoisotopic (exact) mass is 268 g/mol. The summed E-state index contributed by atoms with van der Waals surface area (Å²) in [6, 6.07) is 8.48. The lowest BCUT2D eigenvalue weighted by atomic mass is 10.1. The van der Waals surface area contributed by atoms with Gasteiger partial charge in [-0.2, -0.15) is 5.26 Å². The number of nitrogens with zero attached hydrogens (tertiary/aromatic N) is 1. The number of sulfonamides is 1. The Morgan fingerprint density at radius 1 is 1.39 bits per heavy atom. The summed E-state index contributed by atoms with van der Waals surface area (Å²) in [5.74, 6) is -0.0654. The Morgan fingerprint density at radius 2 is 2.00 bits per heavy atom. The lowest BCUT2D eigenvalue weighted by Gasteiger charge is -2.14. The molecule has 0 fully saturated rings. The molecule has 0 aliphatic carbocycles. The van der Waals surface area contributed by atoms with Crippen molar-refractivity contribution < 1.29 is 13.2 Å². The molecule has 0 saturated carbocycles. The molecule has 5 nitrogen and oxygen atoms in total. The Bertz CT molecular complexity index is 517. The maximum absolute atomic E-state index is 11.7. The first-order valence-corrected chi connectivity index (χ1v) is 7.12. The normalized spacial score (nSPS) is 12.9. The van der Waals surface area contributed by atoms with Gasteiger partial charge in [0.1, 0.15) is 0 Å². The van der Waals surface area contributed by atoms with Crippen LogP contribution < -0.4 is 4.72 Å². The highest BCUT2D eigenvalue weighted by atomic mass is 32.2. The Balaban J connectivity index is 2.70. The van der Waals surface area contributed by atoms with Crippen LogP contribution in [0.3, 0.4) is 0 Å². The van der Waals surface area contributed by atoms with Crippen LogP contribution in [0.15, 0.2) is 24.3 Å². The number of ether oxygens (including phenoxy) is 1. The van der Waals surface area contributed by atoms with Crippen LogP contribution in [0.5, 0.6) is 0 Å². The maximum atomic E-state index is 11.7. The van der Waals surface area contributed by atoms with Crippen LogP contribution in [-0.4, -0.2) is 27.9 Å². The van der Waals surface area contributed by atoms with Gasteiger partial charge in [-0.05, 0) is 24.6 Å². The molecule has 0 spiro atoms. The van der Waals surface area contributed by atoms with Gasteiger partial charge >= 0.3 is 0 Å². The van der Waals surface area contributed by atoms with Crippen molar-refractivity contribution in [3.8, 4) is 6.07 Å². The minimum atomic E-state index is -3.35. The summed E-state index contributed by atoms with van der Waals surface area (Å²) in [7, 11) is -1.89. The van der Waals surface area contributed by atoms with E-state index in [2.05, 4.69) is 4.72 Å². The number of benzene rings is 1. The van der Waals surface area contributed by atoms with E-state index in [9.17, 15) is 8.42 Å². The minimum absolute atomic E-state index is 0.0654. The molecule has 1 aromatic rings. The van der Waals surface area contributed by atoms with Crippen molar-refractivity contribution in [3.63, 3.8) is 0 Å². The van der Waals surface area contributed by atoms with Gasteiger partial charge < -0.3 is 4.74 Å². The standard InChI is InChI=1S/C12H16N2O3S/c1-10(14-18(15,16)8-7-17-2)12-5-3-11(9-13)4-6-12/h3-6,10,14H,7-8H2,1-2H3/t10-/m0/s1. The summed E-state index contributed by atoms with van der Waals surface area (Å²) in [6.07, 6.45) is 0. The van der Waals surface area contributed by atoms with Crippen LogP contribution in [0.2, 0.25) is 0 Å². The number of hydrogen-bond acceptors (Lipinski definition) is 4. The van der Waals surface area contributed by atoms with Crippen LogP contribution in [0.25, 0.3) is 0 Å². The quantitative estimate of drug-likeness (QED) is 0.840. The molecule has 1 aromatic carbocycles. The number of hydrogen-bond donors (Lipinski definition) is 1. The molecule has 18 heavy (non-hydrogen) atoms. The fourth-order valence-corrected chi connectivity index (χ4v) is 2.61. The van der Waals surface area contributed by atoms with Crippen LogP contribution in [0.1, 0.15) is 24.1 Å². The first-order valence-electron chi connectivity index (χ1n) is 5.47. The molecule has 0 unspecified atom stereocenters. The third-order valence-electron chi connectivity index (χ3n) is 2.45. The molecule has 1 N–H and O–H groups in total. The molecule has 0 aliphatic rings. The SMILES string of the molecule is COCCS(=O)(=O)N[C@@H](C)c1ccc(C#N)cc1. The molecule has 0 aliphatic heterocycles. The average Bonchev–Trinajstić information content (AvgIpc) is 2.36. The maximum Gasteiger partial charge on any atom is 0.214 e. The first-order chi connectivity index (χ1) is 8.48. The van der Waals surface area contributed by atoms with E-state index in [0.29, 0.717) is 5.56 Å². The summed E-state index contributed by atoms with van der Waals surface area (Å²) < 4.78 is 30.6. The fraction of sp³-hybridized carbons (Fsp3) is 0.417. The zero-order valence-electron chi connectivity index (χ0n) is 10.4. The van der Waals surface area contributed by atoms with Crippen LogP contribution >= 0.6 is 0 Å². The summed E-state index contributed by atoms with van der Waals surface area (Å²) in [6.45, 7) is 1.92. The molecule has 0 heterocycles. The van der Waals surface area contributed by atoms with Crippen molar-refractivity contribution in [2.24, 2.45) is 0 Å². The third-order valence-corrected chi connectivity index (χ3v) is 3.87. The van der Waals surface area contributed by atoms with Gasteiger partial charge in [-0.15, -0.1) is 0 Å². The molecular formula is C12H16N2O3S. The summed E-state index contributed by atoms with van der Waals surface area (Å²) >= 11 is 0. The third kappa shape index (κ3) is 4.45. The molecule has 1 atom stereocenters. The van der Waals surface area contributed by atoms with E-state index in [0.717, 1.165) is 5.56 Å². The predicted molar refractivity (Wildman–Crippen MR) is 68.4 cm³/mol. The summed E-state index contributed by atoms with van der Waals surface area (Å²) in [4.78, 5) is 0. The largest absolute Gasteiger partial charge is 0.384 e. The second kappa shape index (κ2) is 6.50. The zero-order chi connectivity index (χ0) is 13.6. The highest BCUT2D eigenvalue weighted by Gasteiger charge is 2.15. The van der Waals surface area contributed by atoms with E-state index >= 15 is 0 Å². The lowest BCUT2D eigenvalue weighted by Crippen LogP contribution is -2.30. The number of methoxy groups -OCH3 is 1. The molecule has 0 amide bonds. The molecule has 0 bridgehead atoms. The molecule has 98 valence electrons. The Hall–Kier alpha value is -1.42. The molecule has 0 radical (unpaired) electrons. The van der Waals surface area contributed by atoms with Crippen molar-refractivity contribution >= 4 is 10.0 Å². The van der Waals surface area contributed by atoms with Gasteiger partial charge in [0.15, 0.2) is 0 Å². The Labute approximate surface area is 107 Å². The van der Waals surface area contributed by atoms with E-state index in [1.807, 2.05) is 6.07 Å². The molecular weight excluding hydrogens is 252 g/mol. The van der Waals surface area contributed by atoms with Crippen molar-refractivity contribution in [2.75, 3.05) is 19.5 Å². The predicted octanol–water partition coefficient (Wildman–Crippen LogP) is 1.19. The van der Waals surface area contributed by atoms with Gasteiger partial charge in [-0.1, -0.05) is 12.1 Å². The molecule has 1 rings (SSSR count). The van der Waals surface area contributed by atoms with E-state index in [4.69, 9.17) is 10.00 Å². The van der Waals surface area contributed by atoms with Crippen LogP contribution in [-0.2, 0) is 14.8 Å².